The van der Waals surface area contributed by atoms with Crippen molar-refractivity contribution in [3.8, 4) is 0 Å². The highest BCUT2D eigenvalue weighted by molar-refractivity contribution is 5.70. The predicted molar refractivity (Wildman–Crippen MR) is 96.7 cm³/mol. The van der Waals surface area contributed by atoms with Crippen molar-refractivity contribution in [2.24, 2.45) is 5.92 Å². The lowest BCUT2D eigenvalue weighted by atomic mass is 9.90. The van der Waals surface area contributed by atoms with Crippen molar-refractivity contribution in [2.75, 3.05) is 13.1 Å². The molecule has 1 aliphatic rings. The van der Waals surface area contributed by atoms with Gasteiger partial charge in [0, 0.05) is 0 Å². The SMILES string of the molecule is O=C(O)C1CCN(C(c2ccc(C(F)(F)F)cc2)c2ccc(C(F)(F)F)cc2)CC1. The zero-order valence-corrected chi connectivity index (χ0v) is 15.7. The van der Waals surface area contributed by atoms with Gasteiger partial charge in [0.2, 0.25) is 0 Å². The number of carbonyl (C=O) groups is 1. The van der Waals surface area contributed by atoms with Crippen LogP contribution in [-0.4, -0.2) is 29.1 Å². The first kappa shape index (κ1) is 22.1. The van der Waals surface area contributed by atoms with Crippen LogP contribution < -0.4 is 0 Å². The molecule has 3 nitrogen and oxygen atoms in total. The number of aliphatic carboxylic acids is 1. The Kier molecular flexibility index (Phi) is 6.12. The quantitative estimate of drug-likeness (QED) is 0.640. The number of piperidine rings is 1. The van der Waals surface area contributed by atoms with Crippen LogP contribution in [-0.2, 0) is 17.1 Å². The Balaban J connectivity index is 1.94. The molecular weight excluding hydrogens is 412 g/mol. The van der Waals surface area contributed by atoms with E-state index in [1.807, 2.05) is 4.90 Å². The number of hydrogen-bond acceptors (Lipinski definition) is 2. The number of hydrogen-bond donors (Lipinski definition) is 1. The summed E-state index contributed by atoms with van der Waals surface area (Å²) in [4.78, 5) is 13.1. The first-order chi connectivity index (χ1) is 14.0. The highest BCUT2D eigenvalue weighted by Gasteiger charge is 2.34. The first-order valence-electron chi connectivity index (χ1n) is 9.28. The largest absolute Gasteiger partial charge is 0.481 e. The Hall–Kier alpha value is -2.55. The lowest BCUT2D eigenvalue weighted by Crippen LogP contribution is -2.39. The maximum atomic E-state index is 12.9. The zero-order valence-electron chi connectivity index (χ0n) is 15.7. The van der Waals surface area contributed by atoms with E-state index >= 15 is 0 Å². The molecule has 9 heteroatoms. The van der Waals surface area contributed by atoms with Crippen LogP contribution in [0.5, 0.6) is 0 Å². The molecule has 0 amide bonds. The fourth-order valence-corrected chi connectivity index (χ4v) is 3.73. The van der Waals surface area contributed by atoms with E-state index in [2.05, 4.69) is 0 Å². The third-order valence-electron chi connectivity index (χ3n) is 5.35. The Morgan fingerprint density at radius 1 is 0.800 bits per heavy atom. The minimum Gasteiger partial charge on any atom is -0.481 e. The van der Waals surface area contributed by atoms with E-state index in [9.17, 15) is 36.2 Å². The third kappa shape index (κ3) is 4.95. The normalized spacial score (nSPS) is 16.8. The molecule has 0 aliphatic carbocycles. The second kappa shape index (κ2) is 8.29. The lowest BCUT2D eigenvalue weighted by Gasteiger charge is -2.37. The maximum Gasteiger partial charge on any atom is 0.416 e. The van der Waals surface area contributed by atoms with Crippen LogP contribution in [0, 0.1) is 5.92 Å². The van der Waals surface area contributed by atoms with Gasteiger partial charge < -0.3 is 5.11 Å². The van der Waals surface area contributed by atoms with Crippen LogP contribution >= 0.6 is 0 Å². The first-order valence-corrected chi connectivity index (χ1v) is 9.28. The molecule has 30 heavy (non-hydrogen) atoms. The molecular formula is C21H19F6NO2. The topological polar surface area (TPSA) is 40.5 Å². The number of likely N-dealkylation sites (tertiary alicyclic amines) is 1. The standard InChI is InChI=1S/C21H19F6NO2/c22-20(23,24)16-5-1-13(2-6-16)18(28-11-9-15(10-12-28)19(29)30)14-3-7-17(8-4-14)21(25,26)27/h1-8,15,18H,9-12H2,(H,29,30). The molecule has 0 spiro atoms. The Morgan fingerprint density at radius 2 is 1.17 bits per heavy atom. The highest BCUT2D eigenvalue weighted by Crippen LogP contribution is 2.36. The summed E-state index contributed by atoms with van der Waals surface area (Å²) in [5.41, 5.74) is -0.642. The summed E-state index contributed by atoms with van der Waals surface area (Å²) >= 11 is 0. The van der Waals surface area contributed by atoms with Crippen LogP contribution in [0.1, 0.15) is 41.1 Å². The van der Waals surface area contributed by atoms with Crippen molar-refractivity contribution in [1.29, 1.82) is 0 Å². The molecule has 1 saturated heterocycles. The average molecular weight is 431 g/mol. The summed E-state index contributed by atoms with van der Waals surface area (Å²) < 4.78 is 77.4. The average Bonchev–Trinajstić information content (AvgIpc) is 2.68. The number of carboxylic acid groups (broad SMARTS) is 1. The van der Waals surface area contributed by atoms with Gasteiger partial charge in [-0.05, 0) is 61.3 Å². The minimum absolute atomic E-state index is 0.354. The molecule has 1 fully saturated rings. The summed E-state index contributed by atoms with van der Waals surface area (Å²) in [6, 6.07) is 8.44. The second-order valence-electron chi connectivity index (χ2n) is 7.29. The molecule has 162 valence electrons. The number of benzene rings is 2. The van der Waals surface area contributed by atoms with Gasteiger partial charge in [-0.15, -0.1) is 0 Å². The molecule has 2 aromatic carbocycles. The number of rotatable bonds is 4. The van der Waals surface area contributed by atoms with Gasteiger partial charge in [-0.2, -0.15) is 26.3 Å². The van der Waals surface area contributed by atoms with Crippen LogP contribution in [0.15, 0.2) is 48.5 Å². The summed E-state index contributed by atoms with van der Waals surface area (Å²) in [7, 11) is 0. The van der Waals surface area contributed by atoms with Crippen molar-refractivity contribution >= 4 is 5.97 Å². The monoisotopic (exact) mass is 431 g/mol. The molecule has 3 rings (SSSR count). The number of nitrogens with zero attached hydrogens (tertiary/aromatic N) is 1. The summed E-state index contributed by atoms with van der Waals surface area (Å²) in [6.07, 6.45) is -8.29. The minimum atomic E-state index is -4.50. The van der Waals surface area contributed by atoms with E-state index in [0.717, 1.165) is 24.3 Å². The molecule has 0 bridgehead atoms. The van der Waals surface area contributed by atoms with Gasteiger partial charge in [0.05, 0.1) is 23.1 Å². The van der Waals surface area contributed by atoms with Crippen molar-refractivity contribution in [3.05, 3.63) is 70.8 Å². The van der Waals surface area contributed by atoms with Gasteiger partial charge in [0.15, 0.2) is 0 Å². The van der Waals surface area contributed by atoms with E-state index in [1.165, 1.54) is 24.3 Å². The molecule has 0 radical (unpaired) electrons. The maximum absolute atomic E-state index is 12.9. The summed E-state index contributed by atoms with van der Waals surface area (Å²) in [5, 5.41) is 9.18. The fraction of sp³-hybridized carbons (Fsp3) is 0.381. The Morgan fingerprint density at radius 3 is 1.47 bits per heavy atom. The zero-order chi connectivity index (χ0) is 22.1. The van der Waals surface area contributed by atoms with E-state index in [0.29, 0.717) is 37.1 Å². The molecule has 0 unspecified atom stereocenters. The van der Waals surface area contributed by atoms with Crippen molar-refractivity contribution in [1.82, 2.24) is 4.90 Å². The van der Waals surface area contributed by atoms with Gasteiger partial charge in [0.1, 0.15) is 0 Å². The predicted octanol–water partition coefficient (Wildman–Crippen LogP) is 5.61. The highest BCUT2D eigenvalue weighted by atomic mass is 19.4. The van der Waals surface area contributed by atoms with E-state index in [1.54, 1.807) is 0 Å². The fourth-order valence-electron chi connectivity index (χ4n) is 3.73. The van der Waals surface area contributed by atoms with Crippen molar-refractivity contribution in [3.63, 3.8) is 0 Å². The Labute approximate surface area is 168 Å². The van der Waals surface area contributed by atoms with Crippen LogP contribution in [0.3, 0.4) is 0 Å². The van der Waals surface area contributed by atoms with E-state index in [4.69, 9.17) is 0 Å². The molecule has 0 aromatic heterocycles. The van der Waals surface area contributed by atoms with Crippen LogP contribution in [0.4, 0.5) is 26.3 Å². The molecule has 1 aliphatic heterocycles. The van der Waals surface area contributed by atoms with E-state index in [-0.39, 0.29) is 0 Å². The summed E-state index contributed by atoms with van der Waals surface area (Å²) in [6.45, 7) is 0.730. The van der Waals surface area contributed by atoms with Gasteiger partial charge in [-0.1, -0.05) is 24.3 Å². The summed E-state index contributed by atoms with van der Waals surface area (Å²) in [5.74, 6) is -1.42. The van der Waals surface area contributed by atoms with Crippen LogP contribution in [0.25, 0.3) is 0 Å². The second-order valence-corrected chi connectivity index (χ2v) is 7.29. The molecule has 0 atom stereocenters. The smallest absolute Gasteiger partial charge is 0.416 e. The van der Waals surface area contributed by atoms with Gasteiger partial charge in [-0.3, -0.25) is 9.69 Å². The molecule has 0 saturated carbocycles. The van der Waals surface area contributed by atoms with E-state index < -0.39 is 41.4 Å². The van der Waals surface area contributed by atoms with Crippen LogP contribution in [0.2, 0.25) is 0 Å². The van der Waals surface area contributed by atoms with Gasteiger partial charge in [-0.25, -0.2) is 0 Å². The number of halogens is 6. The molecule has 2 aromatic rings. The van der Waals surface area contributed by atoms with Gasteiger partial charge in [0.25, 0.3) is 0 Å². The number of carboxylic acids is 1. The van der Waals surface area contributed by atoms with Crippen molar-refractivity contribution < 1.29 is 36.2 Å². The lowest BCUT2D eigenvalue weighted by molar-refractivity contribution is -0.143. The van der Waals surface area contributed by atoms with Crippen molar-refractivity contribution in [2.45, 2.75) is 31.2 Å². The van der Waals surface area contributed by atoms with Gasteiger partial charge >= 0.3 is 18.3 Å². The number of alkyl halides is 6. The molecule has 1 heterocycles. The Bertz CT molecular complexity index is 809. The molecule has 1 N–H and O–H groups in total. The third-order valence-corrected chi connectivity index (χ3v) is 5.35.